The second-order valence-corrected chi connectivity index (χ2v) is 6.10. The van der Waals surface area contributed by atoms with Crippen molar-refractivity contribution in [3.05, 3.63) is 59.4 Å². The highest BCUT2D eigenvalue weighted by molar-refractivity contribution is 7.92. The first-order chi connectivity index (χ1) is 8.59. The van der Waals surface area contributed by atoms with Crippen LogP contribution >= 0.6 is 0 Å². The van der Waals surface area contributed by atoms with Gasteiger partial charge in [0.25, 0.3) is 0 Å². The van der Waals surface area contributed by atoms with Crippen LogP contribution in [-0.2, 0) is 9.73 Å². The molecular formula is C14H10FNOS. The molecule has 18 heavy (non-hydrogen) atoms. The van der Waals surface area contributed by atoms with Crippen molar-refractivity contribution in [1.29, 1.82) is 4.78 Å². The number of rotatable bonds is 0. The fourth-order valence-electron chi connectivity index (χ4n) is 2.09. The van der Waals surface area contributed by atoms with Crippen molar-refractivity contribution in [2.24, 2.45) is 0 Å². The van der Waals surface area contributed by atoms with E-state index in [0.29, 0.717) is 15.4 Å². The molecule has 1 N–H and O–H groups in total. The summed E-state index contributed by atoms with van der Waals surface area (Å²) in [5, 5.41) is 0. The van der Waals surface area contributed by atoms with Gasteiger partial charge in [-0.3, -0.25) is 0 Å². The molecule has 1 aliphatic heterocycles. The van der Waals surface area contributed by atoms with Crippen molar-refractivity contribution in [1.82, 2.24) is 0 Å². The average molecular weight is 259 g/mol. The van der Waals surface area contributed by atoms with E-state index in [4.69, 9.17) is 4.78 Å². The fraction of sp³-hybridized carbons (Fsp3) is 0. The highest BCUT2D eigenvalue weighted by Crippen LogP contribution is 2.32. The molecule has 0 aromatic heterocycles. The van der Waals surface area contributed by atoms with E-state index in [1.54, 1.807) is 24.3 Å². The van der Waals surface area contributed by atoms with Crippen LogP contribution in [-0.4, -0.2) is 4.21 Å². The summed E-state index contributed by atoms with van der Waals surface area (Å²) < 4.78 is 34.1. The van der Waals surface area contributed by atoms with Gasteiger partial charge in [0.15, 0.2) is 0 Å². The summed E-state index contributed by atoms with van der Waals surface area (Å²) in [6.07, 6.45) is 3.48. The van der Waals surface area contributed by atoms with E-state index in [9.17, 15) is 8.60 Å². The zero-order chi connectivity index (χ0) is 12.8. The molecule has 90 valence electrons. The summed E-state index contributed by atoms with van der Waals surface area (Å²) in [6, 6.07) is 11.1. The maximum absolute atomic E-state index is 13.2. The Morgan fingerprint density at radius 3 is 2.44 bits per heavy atom. The Morgan fingerprint density at radius 1 is 0.944 bits per heavy atom. The van der Waals surface area contributed by atoms with Gasteiger partial charge in [-0.2, -0.15) is 0 Å². The van der Waals surface area contributed by atoms with Gasteiger partial charge < -0.3 is 0 Å². The van der Waals surface area contributed by atoms with Crippen molar-refractivity contribution in [3.8, 4) is 0 Å². The van der Waals surface area contributed by atoms with Gasteiger partial charge in [-0.1, -0.05) is 30.4 Å². The van der Waals surface area contributed by atoms with Crippen LogP contribution in [0.1, 0.15) is 11.1 Å². The lowest BCUT2D eigenvalue weighted by atomic mass is 10.1. The molecule has 2 nitrogen and oxygen atoms in total. The van der Waals surface area contributed by atoms with E-state index < -0.39 is 9.73 Å². The van der Waals surface area contributed by atoms with Gasteiger partial charge >= 0.3 is 0 Å². The molecule has 1 heterocycles. The molecular weight excluding hydrogens is 249 g/mol. The summed E-state index contributed by atoms with van der Waals surface area (Å²) in [5.41, 5.74) is 1.25. The smallest absolute Gasteiger partial charge is 0.123 e. The SMILES string of the molecule is N=S1(=O)c2ccccc2C=Cc2cc(F)ccc21. The standard InChI is InChI=1S/C14H10FNOS/c15-12-7-8-14-11(9-12)6-5-10-3-1-2-4-13(10)18(14,16)17/h1-9,16H. The second-order valence-electron chi connectivity index (χ2n) is 4.11. The molecule has 0 aliphatic carbocycles. The third-order valence-electron chi connectivity index (χ3n) is 2.95. The number of fused-ring (bicyclic) bond motifs is 2. The van der Waals surface area contributed by atoms with Crippen LogP contribution in [0.5, 0.6) is 0 Å². The molecule has 0 spiro atoms. The zero-order valence-corrected chi connectivity index (χ0v) is 10.2. The van der Waals surface area contributed by atoms with E-state index in [-0.39, 0.29) is 5.82 Å². The Morgan fingerprint density at radius 2 is 1.61 bits per heavy atom. The summed E-state index contributed by atoms with van der Waals surface area (Å²) in [4.78, 5) is 0.844. The van der Waals surface area contributed by atoms with E-state index in [1.165, 1.54) is 18.2 Å². The van der Waals surface area contributed by atoms with Gasteiger partial charge in [-0.05, 0) is 35.4 Å². The Labute approximate surface area is 105 Å². The van der Waals surface area contributed by atoms with Crippen molar-refractivity contribution < 1.29 is 8.60 Å². The number of nitrogens with one attached hydrogen (secondary N) is 1. The van der Waals surface area contributed by atoms with Gasteiger partial charge in [0.1, 0.15) is 15.5 Å². The number of hydrogen-bond donors (Lipinski definition) is 1. The molecule has 1 atom stereocenters. The maximum atomic E-state index is 13.2. The van der Waals surface area contributed by atoms with Crippen LogP contribution in [0.25, 0.3) is 12.2 Å². The molecule has 2 aromatic carbocycles. The monoisotopic (exact) mass is 259 g/mol. The van der Waals surface area contributed by atoms with Gasteiger partial charge in [0.2, 0.25) is 0 Å². The van der Waals surface area contributed by atoms with E-state index in [2.05, 4.69) is 0 Å². The lowest BCUT2D eigenvalue weighted by Crippen LogP contribution is -2.02. The summed E-state index contributed by atoms with van der Waals surface area (Å²) in [5.74, 6) is -0.389. The molecule has 0 amide bonds. The second kappa shape index (κ2) is 3.78. The van der Waals surface area contributed by atoms with E-state index >= 15 is 0 Å². The third-order valence-corrected chi connectivity index (χ3v) is 4.94. The van der Waals surface area contributed by atoms with Crippen LogP contribution in [0.3, 0.4) is 0 Å². The van der Waals surface area contributed by atoms with Gasteiger partial charge in [-0.25, -0.2) is 13.4 Å². The Balaban J connectivity index is 2.41. The average Bonchev–Trinajstić information content (AvgIpc) is 2.46. The van der Waals surface area contributed by atoms with Crippen molar-refractivity contribution >= 4 is 21.9 Å². The lowest BCUT2D eigenvalue weighted by Gasteiger charge is -2.10. The minimum Gasteiger partial charge on any atom is -0.245 e. The molecule has 0 radical (unpaired) electrons. The highest BCUT2D eigenvalue weighted by Gasteiger charge is 2.21. The van der Waals surface area contributed by atoms with Gasteiger partial charge in [0, 0.05) is 0 Å². The van der Waals surface area contributed by atoms with Crippen LogP contribution in [0.4, 0.5) is 4.39 Å². The molecule has 0 saturated heterocycles. The van der Waals surface area contributed by atoms with Crippen molar-refractivity contribution in [2.75, 3.05) is 0 Å². The molecule has 0 bridgehead atoms. The first-order valence-corrected chi connectivity index (χ1v) is 7.00. The summed E-state index contributed by atoms with van der Waals surface area (Å²) >= 11 is 0. The first-order valence-electron chi connectivity index (χ1n) is 5.44. The van der Waals surface area contributed by atoms with E-state index in [1.807, 2.05) is 12.1 Å². The molecule has 2 aromatic rings. The quantitative estimate of drug-likeness (QED) is 0.656. The number of halogens is 1. The minimum absolute atomic E-state index is 0.366. The summed E-state index contributed by atoms with van der Waals surface area (Å²) in [7, 11) is -3.08. The van der Waals surface area contributed by atoms with Crippen molar-refractivity contribution in [2.45, 2.75) is 9.79 Å². The molecule has 0 saturated carbocycles. The van der Waals surface area contributed by atoms with Gasteiger partial charge in [0.05, 0.1) is 9.79 Å². The molecule has 1 unspecified atom stereocenters. The summed E-state index contributed by atoms with van der Waals surface area (Å²) in [6.45, 7) is 0. The molecule has 3 rings (SSSR count). The molecule has 1 aliphatic rings. The fourth-order valence-corrected chi connectivity index (χ4v) is 3.78. The zero-order valence-electron chi connectivity index (χ0n) is 9.39. The normalized spacial score (nSPS) is 20.9. The minimum atomic E-state index is -3.08. The maximum Gasteiger partial charge on any atom is 0.123 e. The number of hydrogen-bond acceptors (Lipinski definition) is 2. The predicted molar refractivity (Wildman–Crippen MR) is 69.2 cm³/mol. The van der Waals surface area contributed by atoms with Gasteiger partial charge in [-0.15, -0.1) is 0 Å². The Kier molecular flexibility index (Phi) is 2.35. The largest absolute Gasteiger partial charge is 0.245 e. The number of benzene rings is 2. The third kappa shape index (κ3) is 1.57. The molecule has 4 heteroatoms. The lowest BCUT2D eigenvalue weighted by molar-refractivity contribution is 0.625. The predicted octanol–water partition coefficient (Wildman–Crippen LogP) is 3.77. The van der Waals surface area contributed by atoms with Crippen LogP contribution in [0.2, 0.25) is 0 Å². The van der Waals surface area contributed by atoms with E-state index in [0.717, 1.165) is 5.56 Å². The topological polar surface area (TPSA) is 40.9 Å². The van der Waals surface area contributed by atoms with Crippen LogP contribution in [0.15, 0.2) is 52.3 Å². The Hall–Kier alpha value is -1.94. The van der Waals surface area contributed by atoms with Crippen molar-refractivity contribution in [3.63, 3.8) is 0 Å². The molecule has 0 fully saturated rings. The van der Waals surface area contributed by atoms with Crippen LogP contribution < -0.4 is 0 Å². The Bertz CT molecular complexity index is 763. The first kappa shape index (κ1) is 11.2. The van der Waals surface area contributed by atoms with Crippen LogP contribution in [0, 0.1) is 10.6 Å². The highest BCUT2D eigenvalue weighted by atomic mass is 32.2.